The second-order valence-corrected chi connectivity index (χ2v) is 3.81. The van der Waals surface area contributed by atoms with Crippen molar-refractivity contribution in [3.63, 3.8) is 0 Å². The topological polar surface area (TPSA) is 42.0 Å². The summed E-state index contributed by atoms with van der Waals surface area (Å²) in [4.78, 5) is 16.1. The van der Waals surface area contributed by atoms with E-state index in [0.717, 1.165) is 22.2 Å². The number of hydrogen-bond donors (Lipinski definition) is 1. The van der Waals surface area contributed by atoms with Gasteiger partial charge in [-0.25, -0.2) is 0 Å². The van der Waals surface area contributed by atoms with E-state index in [4.69, 9.17) is 0 Å². The van der Waals surface area contributed by atoms with Crippen molar-refractivity contribution in [1.82, 2.24) is 10.3 Å². The van der Waals surface area contributed by atoms with E-state index in [1.807, 2.05) is 37.3 Å². The van der Waals surface area contributed by atoms with E-state index in [0.29, 0.717) is 6.54 Å². The van der Waals surface area contributed by atoms with Crippen LogP contribution in [0.4, 0.5) is 0 Å². The highest BCUT2D eigenvalue weighted by Gasteiger charge is 2.05. The molecule has 0 radical (unpaired) electrons. The van der Waals surface area contributed by atoms with Crippen molar-refractivity contribution < 1.29 is 4.79 Å². The fraction of sp³-hybridized carbons (Fsp3) is 0.231. The molecule has 82 valence electrons. The third kappa shape index (κ3) is 2.09. The fourth-order valence-corrected chi connectivity index (χ4v) is 1.66. The molecule has 2 rings (SSSR count). The van der Waals surface area contributed by atoms with Crippen LogP contribution in [0.1, 0.15) is 16.1 Å². The standard InChI is InChI=1S/C13H14N2O/c1-9-3-4-10-7-11(13(16)8-14-2)5-6-12(10)15-9/h3-7,14H,8H2,1-2H3. The molecule has 3 heteroatoms. The predicted octanol–water partition coefficient (Wildman–Crippen LogP) is 1.95. The van der Waals surface area contributed by atoms with Gasteiger partial charge in [-0.05, 0) is 38.2 Å². The van der Waals surface area contributed by atoms with Crippen LogP contribution < -0.4 is 5.32 Å². The van der Waals surface area contributed by atoms with Gasteiger partial charge in [0.25, 0.3) is 0 Å². The minimum absolute atomic E-state index is 0.102. The van der Waals surface area contributed by atoms with Gasteiger partial charge >= 0.3 is 0 Å². The number of pyridine rings is 1. The number of nitrogens with one attached hydrogen (secondary N) is 1. The van der Waals surface area contributed by atoms with E-state index >= 15 is 0 Å². The lowest BCUT2D eigenvalue weighted by Gasteiger charge is -2.03. The van der Waals surface area contributed by atoms with E-state index in [-0.39, 0.29) is 5.78 Å². The summed E-state index contributed by atoms with van der Waals surface area (Å²) in [5.74, 6) is 0.102. The largest absolute Gasteiger partial charge is 0.313 e. The molecule has 0 amide bonds. The van der Waals surface area contributed by atoms with Gasteiger partial charge in [-0.1, -0.05) is 6.07 Å². The van der Waals surface area contributed by atoms with Gasteiger partial charge in [0.1, 0.15) is 0 Å². The summed E-state index contributed by atoms with van der Waals surface area (Å²) in [5.41, 5.74) is 2.65. The molecule has 1 heterocycles. The lowest BCUT2D eigenvalue weighted by Crippen LogP contribution is -2.18. The zero-order valence-electron chi connectivity index (χ0n) is 9.45. The van der Waals surface area contributed by atoms with Crippen molar-refractivity contribution in [2.75, 3.05) is 13.6 Å². The Morgan fingerprint density at radius 1 is 1.31 bits per heavy atom. The average molecular weight is 214 g/mol. The SMILES string of the molecule is CNCC(=O)c1ccc2nc(C)ccc2c1. The molecule has 0 aliphatic heterocycles. The monoisotopic (exact) mass is 214 g/mol. The third-order valence-corrected chi connectivity index (χ3v) is 2.49. The second-order valence-electron chi connectivity index (χ2n) is 3.81. The van der Waals surface area contributed by atoms with Gasteiger partial charge in [-0.15, -0.1) is 0 Å². The van der Waals surface area contributed by atoms with Crippen molar-refractivity contribution in [3.05, 3.63) is 41.6 Å². The Balaban J connectivity index is 2.44. The quantitative estimate of drug-likeness (QED) is 0.794. The molecule has 0 aliphatic carbocycles. The summed E-state index contributed by atoms with van der Waals surface area (Å²) in [6, 6.07) is 9.56. The molecule has 0 aliphatic rings. The maximum atomic E-state index is 11.7. The minimum atomic E-state index is 0.102. The lowest BCUT2D eigenvalue weighted by atomic mass is 10.1. The molecule has 0 fully saturated rings. The van der Waals surface area contributed by atoms with Crippen LogP contribution >= 0.6 is 0 Å². The van der Waals surface area contributed by atoms with Gasteiger partial charge in [0, 0.05) is 16.6 Å². The van der Waals surface area contributed by atoms with Gasteiger partial charge in [-0.2, -0.15) is 0 Å². The van der Waals surface area contributed by atoms with Crippen LogP contribution in [-0.4, -0.2) is 24.4 Å². The Hall–Kier alpha value is -1.74. The Kier molecular flexibility index (Phi) is 2.97. The molecule has 0 unspecified atom stereocenters. The van der Waals surface area contributed by atoms with E-state index in [1.54, 1.807) is 7.05 Å². The molecule has 0 saturated heterocycles. The summed E-state index contributed by atoms with van der Waals surface area (Å²) in [5, 5.41) is 3.86. The first-order chi connectivity index (χ1) is 7.70. The minimum Gasteiger partial charge on any atom is -0.313 e. The van der Waals surface area contributed by atoms with Crippen molar-refractivity contribution in [2.24, 2.45) is 0 Å². The Labute approximate surface area is 94.5 Å². The number of rotatable bonds is 3. The summed E-state index contributed by atoms with van der Waals surface area (Å²) in [6.45, 7) is 2.32. The highest BCUT2D eigenvalue weighted by Crippen LogP contribution is 2.14. The van der Waals surface area contributed by atoms with Crippen molar-refractivity contribution >= 4 is 16.7 Å². The maximum absolute atomic E-state index is 11.7. The van der Waals surface area contributed by atoms with Crippen LogP contribution in [0.2, 0.25) is 0 Å². The van der Waals surface area contributed by atoms with E-state index in [9.17, 15) is 4.79 Å². The lowest BCUT2D eigenvalue weighted by molar-refractivity contribution is 0.0993. The first-order valence-electron chi connectivity index (χ1n) is 5.26. The molecule has 0 spiro atoms. The zero-order chi connectivity index (χ0) is 11.5. The molecule has 3 nitrogen and oxygen atoms in total. The number of carbonyl (C=O) groups excluding carboxylic acids is 1. The molecule has 0 saturated carbocycles. The number of fused-ring (bicyclic) bond motifs is 1. The van der Waals surface area contributed by atoms with Crippen LogP contribution in [0.5, 0.6) is 0 Å². The van der Waals surface area contributed by atoms with Crippen LogP contribution in [0.3, 0.4) is 0 Å². The fourth-order valence-electron chi connectivity index (χ4n) is 1.66. The van der Waals surface area contributed by atoms with Crippen molar-refractivity contribution in [3.8, 4) is 0 Å². The van der Waals surface area contributed by atoms with Gasteiger partial charge in [0.15, 0.2) is 5.78 Å². The summed E-state index contributed by atoms with van der Waals surface area (Å²) in [6.07, 6.45) is 0. The van der Waals surface area contributed by atoms with Crippen LogP contribution in [0.15, 0.2) is 30.3 Å². The van der Waals surface area contributed by atoms with Crippen LogP contribution in [-0.2, 0) is 0 Å². The molecular weight excluding hydrogens is 200 g/mol. The van der Waals surface area contributed by atoms with Crippen LogP contribution in [0.25, 0.3) is 10.9 Å². The number of ketones is 1. The first kappa shape index (κ1) is 10.8. The third-order valence-electron chi connectivity index (χ3n) is 2.49. The molecule has 1 N–H and O–H groups in total. The summed E-state index contributed by atoms with van der Waals surface area (Å²) in [7, 11) is 1.77. The van der Waals surface area contributed by atoms with E-state index in [1.165, 1.54) is 0 Å². The Bertz CT molecular complexity index is 534. The predicted molar refractivity (Wildman–Crippen MR) is 64.7 cm³/mol. The molecule has 2 aromatic rings. The second kappa shape index (κ2) is 4.41. The summed E-state index contributed by atoms with van der Waals surface area (Å²) >= 11 is 0. The summed E-state index contributed by atoms with van der Waals surface area (Å²) < 4.78 is 0. The normalized spacial score (nSPS) is 10.6. The number of aromatic nitrogens is 1. The number of hydrogen-bond acceptors (Lipinski definition) is 3. The Morgan fingerprint density at radius 3 is 2.88 bits per heavy atom. The van der Waals surface area contributed by atoms with E-state index < -0.39 is 0 Å². The van der Waals surface area contributed by atoms with Crippen molar-refractivity contribution in [2.45, 2.75) is 6.92 Å². The van der Waals surface area contributed by atoms with Crippen molar-refractivity contribution in [1.29, 1.82) is 0 Å². The molecule has 1 aromatic carbocycles. The molecule has 0 atom stereocenters. The van der Waals surface area contributed by atoms with Gasteiger partial charge in [-0.3, -0.25) is 9.78 Å². The average Bonchev–Trinajstić information content (AvgIpc) is 2.28. The highest BCUT2D eigenvalue weighted by atomic mass is 16.1. The van der Waals surface area contributed by atoms with Gasteiger partial charge in [0.2, 0.25) is 0 Å². The number of likely N-dealkylation sites (N-methyl/N-ethyl adjacent to an activating group) is 1. The number of benzene rings is 1. The van der Waals surface area contributed by atoms with Gasteiger partial charge < -0.3 is 5.32 Å². The van der Waals surface area contributed by atoms with Gasteiger partial charge in [0.05, 0.1) is 12.1 Å². The number of aryl methyl sites for hydroxylation is 1. The molecular formula is C13H14N2O. The van der Waals surface area contributed by atoms with Crippen LogP contribution in [0, 0.1) is 6.92 Å². The molecule has 0 bridgehead atoms. The highest BCUT2D eigenvalue weighted by molar-refractivity contribution is 6.00. The molecule has 1 aromatic heterocycles. The van der Waals surface area contributed by atoms with E-state index in [2.05, 4.69) is 10.3 Å². The Morgan fingerprint density at radius 2 is 2.12 bits per heavy atom. The number of carbonyl (C=O) groups is 1. The number of nitrogens with zero attached hydrogens (tertiary/aromatic N) is 1. The molecule has 16 heavy (non-hydrogen) atoms. The first-order valence-corrected chi connectivity index (χ1v) is 5.26. The zero-order valence-corrected chi connectivity index (χ0v) is 9.45. The number of Topliss-reactive ketones (excluding diaryl/α,β-unsaturated/α-hetero) is 1. The smallest absolute Gasteiger partial charge is 0.176 e. The maximum Gasteiger partial charge on any atom is 0.176 e.